The van der Waals surface area contributed by atoms with E-state index in [1.807, 2.05) is 6.20 Å². The van der Waals surface area contributed by atoms with Gasteiger partial charge in [0.2, 0.25) is 0 Å². The van der Waals surface area contributed by atoms with Crippen molar-refractivity contribution in [1.29, 1.82) is 0 Å². The highest BCUT2D eigenvalue weighted by Crippen LogP contribution is 2.34. The van der Waals surface area contributed by atoms with Gasteiger partial charge in [0.25, 0.3) is 0 Å². The van der Waals surface area contributed by atoms with Crippen molar-refractivity contribution in [3.63, 3.8) is 0 Å². The molecule has 1 aliphatic rings. The zero-order chi connectivity index (χ0) is 10.7. The Balaban J connectivity index is 1.71. The molecule has 2 N–H and O–H groups in total. The lowest BCUT2D eigenvalue weighted by atomic mass is 10.1. The van der Waals surface area contributed by atoms with Crippen LogP contribution >= 0.6 is 0 Å². The van der Waals surface area contributed by atoms with E-state index in [1.54, 1.807) is 0 Å². The zero-order valence-corrected chi connectivity index (χ0v) is 9.66. The first-order chi connectivity index (χ1) is 7.27. The monoisotopic (exact) mass is 207 g/mol. The molecule has 1 saturated carbocycles. The van der Waals surface area contributed by atoms with Crippen LogP contribution in [0.1, 0.15) is 18.4 Å². The molecule has 0 bridgehead atoms. The molecule has 0 amide bonds. The third kappa shape index (κ3) is 3.08. The van der Waals surface area contributed by atoms with E-state index in [9.17, 15) is 0 Å². The zero-order valence-electron chi connectivity index (χ0n) is 9.66. The lowest BCUT2D eigenvalue weighted by Crippen LogP contribution is -2.39. The SMILES string of the molecule is CN(C)C(CNCc1cc[nH]c1)C1CC1. The predicted octanol–water partition coefficient (Wildman–Crippen LogP) is 1.44. The number of aromatic nitrogens is 1. The number of hydrogen-bond donors (Lipinski definition) is 2. The molecule has 2 rings (SSSR count). The first kappa shape index (κ1) is 10.7. The molecule has 1 fully saturated rings. The Morgan fingerprint density at radius 1 is 1.53 bits per heavy atom. The van der Waals surface area contributed by atoms with E-state index < -0.39 is 0 Å². The minimum Gasteiger partial charge on any atom is -0.367 e. The Morgan fingerprint density at radius 2 is 2.33 bits per heavy atom. The van der Waals surface area contributed by atoms with Crippen molar-refractivity contribution in [2.75, 3.05) is 20.6 Å². The van der Waals surface area contributed by atoms with Gasteiger partial charge in [0.15, 0.2) is 0 Å². The maximum atomic E-state index is 3.53. The molecule has 0 saturated heterocycles. The summed E-state index contributed by atoms with van der Waals surface area (Å²) in [6, 6.07) is 2.83. The maximum Gasteiger partial charge on any atom is 0.0242 e. The Kier molecular flexibility index (Phi) is 3.44. The van der Waals surface area contributed by atoms with Crippen LogP contribution in [0.15, 0.2) is 18.5 Å². The van der Waals surface area contributed by atoms with E-state index in [-0.39, 0.29) is 0 Å². The molecule has 1 aromatic heterocycles. The van der Waals surface area contributed by atoms with Gasteiger partial charge in [0, 0.05) is 31.5 Å². The topological polar surface area (TPSA) is 31.1 Å². The second kappa shape index (κ2) is 4.81. The molecule has 1 unspecified atom stereocenters. The Morgan fingerprint density at radius 3 is 2.87 bits per heavy atom. The van der Waals surface area contributed by atoms with Gasteiger partial charge in [-0.2, -0.15) is 0 Å². The molecule has 1 aromatic rings. The third-order valence-corrected chi connectivity index (χ3v) is 3.17. The summed E-state index contributed by atoms with van der Waals surface area (Å²) in [6.07, 6.45) is 6.85. The van der Waals surface area contributed by atoms with Crippen molar-refractivity contribution < 1.29 is 0 Å². The summed E-state index contributed by atoms with van der Waals surface area (Å²) in [5.41, 5.74) is 1.34. The fraction of sp³-hybridized carbons (Fsp3) is 0.667. The van der Waals surface area contributed by atoms with Crippen LogP contribution in [0.5, 0.6) is 0 Å². The molecule has 1 heterocycles. The van der Waals surface area contributed by atoms with Crippen molar-refractivity contribution in [2.24, 2.45) is 5.92 Å². The smallest absolute Gasteiger partial charge is 0.0242 e. The summed E-state index contributed by atoms with van der Waals surface area (Å²) < 4.78 is 0. The first-order valence-corrected chi connectivity index (χ1v) is 5.76. The van der Waals surface area contributed by atoms with Gasteiger partial charge < -0.3 is 15.2 Å². The summed E-state index contributed by atoms with van der Waals surface area (Å²) >= 11 is 0. The summed E-state index contributed by atoms with van der Waals surface area (Å²) in [4.78, 5) is 5.42. The highest BCUT2D eigenvalue weighted by Gasteiger charge is 2.31. The molecule has 3 heteroatoms. The Labute approximate surface area is 91.9 Å². The molecule has 3 nitrogen and oxygen atoms in total. The van der Waals surface area contributed by atoms with E-state index in [1.165, 1.54) is 18.4 Å². The minimum absolute atomic E-state index is 0.712. The molecule has 0 aliphatic heterocycles. The lowest BCUT2D eigenvalue weighted by Gasteiger charge is -2.24. The van der Waals surface area contributed by atoms with Crippen molar-refractivity contribution in [3.8, 4) is 0 Å². The van der Waals surface area contributed by atoms with Crippen LogP contribution in [0, 0.1) is 5.92 Å². The van der Waals surface area contributed by atoms with E-state index in [0.717, 1.165) is 19.0 Å². The molecular formula is C12H21N3. The quantitative estimate of drug-likeness (QED) is 0.739. The van der Waals surface area contributed by atoms with E-state index in [0.29, 0.717) is 6.04 Å². The first-order valence-electron chi connectivity index (χ1n) is 5.76. The van der Waals surface area contributed by atoms with Gasteiger partial charge in [0.1, 0.15) is 0 Å². The number of aromatic amines is 1. The molecule has 0 radical (unpaired) electrons. The average Bonchev–Trinajstić information content (AvgIpc) is 2.89. The average molecular weight is 207 g/mol. The summed E-state index contributed by atoms with van der Waals surface area (Å²) in [7, 11) is 4.36. The Bertz CT molecular complexity index is 273. The highest BCUT2D eigenvalue weighted by atomic mass is 15.1. The number of H-pyrrole nitrogens is 1. The minimum atomic E-state index is 0.712. The van der Waals surface area contributed by atoms with Gasteiger partial charge in [0.05, 0.1) is 0 Å². The largest absolute Gasteiger partial charge is 0.367 e. The second-order valence-electron chi connectivity index (χ2n) is 4.72. The van der Waals surface area contributed by atoms with Gasteiger partial charge >= 0.3 is 0 Å². The Hall–Kier alpha value is -0.800. The van der Waals surface area contributed by atoms with Crippen molar-refractivity contribution in [2.45, 2.75) is 25.4 Å². The van der Waals surface area contributed by atoms with Crippen molar-refractivity contribution in [3.05, 3.63) is 24.0 Å². The van der Waals surface area contributed by atoms with Crippen LogP contribution in [0.25, 0.3) is 0 Å². The summed E-state index contributed by atoms with van der Waals surface area (Å²) in [5.74, 6) is 0.929. The molecule has 0 spiro atoms. The van der Waals surface area contributed by atoms with Gasteiger partial charge in [-0.3, -0.25) is 0 Å². The molecule has 15 heavy (non-hydrogen) atoms. The normalized spacial score (nSPS) is 18.3. The van der Waals surface area contributed by atoms with Gasteiger partial charge in [-0.15, -0.1) is 0 Å². The molecule has 84 valence electrons. The van der Waals surface area contributed by atoms with Crippen LogP contribution in [0.2, 0.25) is 0 Å². The third-order valence-electron chi connectivity index (χ3n) is 3.17. The van der Waals surface area contributed by atoms with Crippen molar-refractivity contribution in [1.82, 2.24) is 15.2 Å². The fourth-order valence-corrected chi connectivity index (χ4v) is 2.08. The number of nitrogens with zero attached hydrogens (tertiary/aromatic N) is 1. The van der Waals surface area contributed by atoms with Crippen molar-refractivity contribution >= 4 is 0 Å². The fourth-order valence-electron chi connectivity index (χ4n) is 2.08. The lowest BCUT2D eigenvalue weighted by molar-refractivity contribution is 0.255. The predicted molar refractivity (Wildman–Crippen MR) is 62.7 cm³/mol. The van der Waals surface area contributed by atoms with Crippen LogP contribution in [-0.4, -0.2) is 36.6 Å². The number of likely N-dealkylation sites (N-methyl/N-ethyl adjacent to an activating group) is 1. The van der Waals surface area contributed by atoms with Crippen LogP contribution in [0.4, 0.5) is 0 Å². The highest BCUT2D eigenvalue weighted by molar-refractivity contribution is 5.07. The molecule has 1 aliphatic carbocycles. The van der Waals surface area contributed by atoms with E-state index >= 15 is 0 Å². The summed E-state index contributed by atoms with van der Waals surface area (Å²) in [6.45, 7) is 2.07. The second-order valence-corrected chi connectivity index (χ2v) is 4.72. The number of hydrogen-bond acceptors (Lipinski definition) is 2. The molecule has 1 atom stereocenters. The maximum absolute atomic E-state index is 3.53. The molecule has 0 aromatic carbocycles. The standard InChI is InChI=1S/C12H21N3/c1-15(2)12(11-3-4-11)9-14-8-10-5-6-13-7-10/h5-7,11-14H,3-4,8-9H2,1-2H3. The van der Waals surface area contributed by atoms with Crippen LogP contribution < -0.4 is 5.32 Å². The molecular weight excluding hydrogens is 186 g/mol. The van der Waals surface area contributed by atoms with E-state index in [2.05, 4.69) is 41.6 Å². The van der Waals surface area contributed by atoms with Gasteiger partial charge in [-0.05, 0) is 44.5 Å². The van der Waals surface area contributed by atoms with E-state index in [4.69, 9.17) is 0 Å². The van der Waals surface area contributed by atoms with Crippen LogP contribution in [0.3, 0.4) is 0 Å². The van der Waals surface area contributed by atoms with Gasteiger partial charge in [-0.1, -0.05) is 0 Å². The number of nitrogens with one attached hydrogen (secondary N) is 2. The summed E-state index contributed by atoms with van der Waals surface area (Å²) in [5, 5.41) is 3.53. The van der Waals surface area contributed by atoms with Gasteiger partial charge in [-0.25, -0.2) is 0 Å². The van der Waals surface area contributed by atoms with Crippen LogP contribution in [-0.2, 0) is 6.54 Å². The number of rotatable bonds is 6.